The third-order valence-electron chi connectivity index (χ3n) is 3.50. The molecule has 5 heteroatoms. The molecular weight excluding hydrogens is 254 g/mol. The van der Waals surface area contributed by atoms with Crippen LogP contribution in [0.4, 0.5) is 5.69 Å². The molecule has 2 aromatic rings. The molecule has 1 heterocycles. The van der Waals surface area contributed by atoms with E-state index in [9.17, 15) is 9.59 Å². The van der Waals surface area contributed by atoms with Gasteiger partial charge in [0.1, 0.15) is 0 Å². The van der Waals surface area contributed by atoms with Crippen LogP contribution >= 0.6 is 0 Å². The lowest BCUT2D eigenvalue weighted by Gasteiger charge is -2.07. The molecule has 20 heavy (non-hydrogen) atoms. The number of carbonyl (C=O) groups excluding carboxylic acids is 1. The molecule has 0 unspecified atom stereocenters. The van der Waals surface area contributed by atoms with Crippen molar-refractivity contribution in [3.05, 3.63) is 28.7 Å². The smallest absolute Gasteiger partial charge is 0.326 e. The van der Waals surface area contributed by atoms with Crippen LogP contribution < -0.4 is 11.0 Å². The summed E-state index contributed by atoms with van der Waals surface area (Å²) in [5.41, 5.74) is 2.34. The molecule has 0 spiro atoms. The van der Waals surface area contributed by atoms with Crippen LogP contribution in [-0.2, 0) is 18.9 Å². The lowest BCUT2D eigenvalue weighted by Crippen LogP contribution is -2.19. The van der Waals surface area contributed by atoms with Gasteiger partial charge < -0.3 is 5.32 Å². The van der Waals surface area contributed by atoms with E-state index < -0.39 is 0 Å². The van der Waals surface area contributed by atoms with E-state index in [2.05, 4.69) is 19.2 Å². The predicted octanol–water partition coefficient (Wildman–Crippen LogP) is 2.25. The van der Waals surface area contributed by atoms with Gasteiger partial charge in [0, 0.05) is 26.2 Å². The fourth-order valence-corrected chi connectivity index (χ4v) is 2.23. The first-order valence-corrected chi connectivity index (χ1v) is 6.85. The van der Waals surface area contributed by atoms with Gasteiger partial charge in [-0.3, -0.25) is 13.9 Å². The molecule has 0 radical (unpaired) electrons. The molecule has 0 saturated heterocycles. The Kier molecular flexibility index (Phi) is 3.97. The molecule has 108 valence electrons. The zero-order valence-electron chi connectivity index (χ0n) is 12.4. The Morgan fingerprint density at radius 1 is 1.20 bits per heavy atom. The van der Waals surface area contributed by atoms with Crippen molar-refractivity contribution in [1.82, 2.24) is 9.13 Å². The summed E-state index contributed by atoms with van der Waals surface area (Å²) in [5, 5.41) is 2.88. The lowest BCUT2D eigenvalue weighted by molar-refractivity contribution is -0.116. The Hall–Kier alpha value is -2.04. The van der Waals surface area contributed by atoms with Crippen LogP contribution in [0.1, 0.15) is 26.7 Å². The number of hydrogen-bond acceptors (Lipinski definition) is 2. The lowest BCUT2D eigenvalue weighted by atomic mass is 10.1. The number of nitrogens with zero attached hydrogens (tertiary/aromatic N) is 2. The van der Waals surface area contributed by atoms with E-state index in [1.807, 2.05) is 18.2 Å². The minimum atomic E-state index is -0.0664. The highest BCUT2D eigenvalue weighted by molar-refractivity contribution is 5.93. The van der Waals surface area contributed by atoms with Crippen LogP contribution in [0.2, 0.25) is 0 Å². The highest BCUT2D eigenvalue weighted by atomic mass is 16.2. The van der Waals surface area contributed by atoms with Crippen molar-refractivity contribution < 1.29 is 4.79 Å². The van der Waals surface area contributed by atoms with Crippen molar-refractivity contribution in [3.8, 4) is 0 Å². The number of hydrogen-bond donors (Lipinski definition) is 1. The van der Waals surface area contributed by atoms with E-state index in [4.69, 9.17) is 0 Å². The normalized spacial score (nSPS) is 11.2. The molecule has 0 aliphatic carbocycles. The highest BCUT2D eigenvalue weighted by Crippen LogP contribution is 2.18. The van der Waals surface area contributed by atoms with Crippen LogP contribution in [0, 0.1) is 5.92 Å². The molecule has 0 aliphatic heterocycles. The van der Waals surface area contributed by atoms with Gasteiger partial charge in [-0.15, -0.1) is 0 Å². The third-order valence-corrected chi connectivity index (χ3v) is 3.50. The topological polar surface area (TPSA) is 56.0 Å². The molecule has 5 nitrogen and oxygen atoms in total. The Labute approximate surface area is 118 Å². The number of aryl methyl sites for hydroxylation is 2. The van der Waals surface area contributed by atoms with Gasteiger partial charge in [-0.25, -0.2) is 4.79 Å². The third kappa shape index (κ3) is 2.76. The second kappa shape index (κ2) is 5.53. The van der Waals surface area contributed by atoms with Crippen LogP contribution in [0.15, 0.2) is 23.0 Å². The van der Waals surface area contributed by atoms with Gasteiger partial charge >= 0.3 is 5.69 Å². The first-order valence-electron chi connectivity index (χ1n) is 6.85. The molecular formula is C15H21N3O2. The van der Waals surface area contributed by atoms with Crippen molar-refractivity contribution in [2.45, 2.75) is 26.7 Å². The minimum absolute atomic E-state index is 0.0129. The Bertz CT molecular complexity index is 695. The fourth-order valence-electron chi connectivity index (χ4n) is 2.23. The zero-order valence-corrected chi connectivity index (χ0v) is 12.4. The van der Waals surface area contributed by atoms with Crippen LogP contribution in [0.3, 0.4) is 0 Å². The standard InChI is InChI=1S/C15H21N3O2/c1-10(2)5-8-14(19)16-11-6-7-12-13(9-11)18(4)15(20)17(12)3/h6-7,9-10H,5,8H2,1-4H3,(H,16,19). The van der Waals surface area contributed by atoms with Gasteiger partial charge in [0.05, 0.1) is 11.0 Å². The van der Waals surface area contributed by atoms with Gasteiger partial charge in [0.25, 0.3) is 0 Å². The number of rotatable bonds is 4. The second-order valence-corrected chi connectivity index (χ2v) is 5.58. The maximum Gasteiger partial charge on any atom is 0.328 e. The van der Waals surface area contributed by atoms with Gasteiger partial charge in [0.15, 0.2) is 0 Å². The number of nitrogens with one attached hydrogen (secondary N) is 1. The van der Waals surface area contributed by atoms with E-state index >= 15 is 0 Å². The fraction of sp³-hybridized carbons (Fsp3) is 0.467. The molecule has 0 fully saturated rings. The molecule has 0 saturated carbocycles. The monoisotopic (exact) mass is 275 g/mol. The van der Waals surface area contributed by atoms with E-state index in [-0.39, 0.29) is 11.6 Å². The van der Waals surface area contributed by atoms with E-state index in [0.717, 1.165) is 23.1 Å². The van der Waals surface area contributed by atoms with Crippen molar-refractivity contribution >= 4 is 22.6 Å². The van der Waals surface area contributed by atoms with Crippen LogP contribution in [0.5, 0.6) is 0 Å². The Morgan fingerprint density at radius 3 is 2.50 bits per heavy atom. The Balaban J connectivity index is 2.22. The summed E-state index contributed by atoms with van der Waals surface area (Å²) in [7, 11) is 3.47. The van der Waals surface area contributed by atoms with Gasteiger partial charge in [-0.1, -0.05) is 13.8 Å². The second-order valence-electron chi connectivity index (χ2n) is 5.58. The van der Waals surface area contributed by atoms with E-state index in [0.29, 0.717) is 12.3 Å². The summed E-state index contributed by atoms with van der Waals surface area (Å²) in [6.45, 7) is 4.19. The molecule has 1 amide bonds. The number of aromatic nitrogens is 2. The van der Waals surface area contributed by atoms with E-state index in [1.54, 1.807) is 23.2 Å². The van der Waals surface area contributed by atoms with Crippen molar-refractivity contribution in [2.75, 3.05) is 5.32 Å². The summed E-state index contributed by atoms with van der Waals surface area (Å²) in [5.74, 6) is 0.525. The molecule has 0 bridgehead atoms. The molecule has 0 atom stereocenters. The average molecular weight is 275 g/mol. The molecule has 0 aliphatic rings. The summed E-state index contributed by atoms with van der Waals surface area (Å²) >= 11 is 0. The maximum atomic E-state index is 11.8. The van der Waals surface area contributed by atoms with Gasteiger partial charge in [-0.2, -0.15) is 0 Å². The van der Waals surface area contributed by atoms with Crippen LogP contribution in [-0.4, -0.2) is 15.0 Å². The number of amides is 1. The average Bonchev–Trinajstić information content (AvgIpc) is 2.62. The predicted molar refractivity (Wildman–Crippen MR) is 80.9 cm³/mol. The van der Waals surface area contributed by atoms with Gasteiger partial charge in [0.2, 0.25) is 5.91 Å². The minimum Gasteiger partial charge on any atom is -0.326 e. The summed E-state index contributed by atoms with van der Waals surface area (Å²) < 4.78 is 3.18. The van der Waals surface area contributed by atoms with Crippen molar-refractivity contribution in [3.63, 3.8) is 0 Å². The summed E-state index contributed by atoms with van der Waals surface area (Å²) in [4.78, 5) is 23.7. The SMILES string of the molecule is CC(C)CCC(=O)Nc1ccc2c(c1)n(C)c(=O)n2C. The molecule has 1 aromatic carbocycles. The van der Waals surface area contributed by atoms with Crippen molar-refractivity contribution in [2.24, 2.45) is 20.0 Å². The number of fused-ring (bicyclic) bond motifs is 1. The Morgan fingerprint density at radius 2 is 1.85 bits per heavy atom. The molecule has 1 N–H and O–H groups in total. The quantitative estimate of drug-likeness (QED) is 0.930. The number of anilines is 1. The molecule has 2 rings (SSSR count). The first kappa shape index (κ1) is 14.4. The summed E-state index contributed by atoms with van der Waals surface area (Å²) in [6.07, 6.45) is 1.39. The number of carbonyl (C=O) groups is 1. The largest absolute Gasteiger partial charge is 0.328 e. The van der Waals surface area contributed by atoms with Crippen LogP contribution in [0.25, 0.3) is 11.0 Å². The molecule has 1 aromatic heterocycles. The van der Waals surface area contributed by atoms with Gasteiger partial charge in [-0.05, 0) is 30.5 Å². The zero-order chi connectivity index (χ0) is 14.9. The maximum absolute atomic E-state index is 11.8. The number of benzene rings is 1. The first-order chi connectivity index (χ1) is 9.40. The number of imidazole rings is 1. The van der Waals surface area contributed by atoms with E-state index in [1.165, 1.54) is 0 Å². The summed E-state index contributed by atoms with van der Waals surface area (Å²) in [6, 6.07) is 5.52. The highest BCUT2D eigenvalue weighted by Gasteiger charge is 2.09. The van der Waals surface area contributed by atoms with Crippen molar-refractivity contribution in [1.29, 1.82) is 0 Å².